The van der Waals surface area contributed by atoms with E-state index < -0.39 is 0 Å². The van der Waals surface area contributed by atoms with E-state index in [0.717, 1.165) is 38.8 Å². The highest BCUT2D eigenvalue weighted by molar-refractivity contribution is 5.78. The van der Waals surface area contributed by atoms with Gasteiger partial charge in [0.05, 0.1) is 4.92 Å². The number of carbonyl (C=O) groups is 1. The molecule has 7 nitrogen and oxygen atoms in total. The van der Waals surface area contributed by atoms with Crippen LogP contribution in [0.15, 0.2) is 24.3 Å². The third kappa shape index (κ3) is 3.84. The molecule has 2 aliphatic rings. The van der Waals surface area contributed by atoms with Crippen LogP contribution in [0.2, 0.25) is 0 Å². The molecule has 0 aromatic heterocycles. The van der Waals surface area contributed by atoms with Gasteiger partial charge >= 0.3 is 0 Å². The van der Waals surface area contributed by atoms with Gasteiger partial charge in [-0.25, -0.2) is 5.01 Å². The first kappa shape index (κ1) is 16.7. The Morgan fingerprint density at radius 3 is 2.42 bits per heavy atom. The van der Waals surface area contributed by atoms with Crippen molar-refractivity contribution in [1.29, 1.82) is 0 Å². The number of hydrogen-bond donors (Lipinski definition) is 1. The van der Waals surface area contributed by atoms with Crippen molar-refractivity contribution in [3.8, 4) is 0 Å². The average molecular weight is 332 g/mol. The van der Waals surface area contributed by atoms with Crippen LogP contribution in [-0.4, -0.2) is 42.0 Å². The van der Waals surface area contributed by atoms with E-state index in [0.29, 0.717) is 18.8 Å². The molecular formula is C17H24N4O3. The molecule has 7 heteroatoms. The number of anilines is 1. The molecule has 0 atom stereocenters. The smallest absolute Gasteiger partial charge is 0.292 e. The molecule has 1 amide bonds. The number of para-hydroxylation sites is 2. The summed E-state index contributed by atoms with van der Waals surface area (Å²) >= 11 is 0. The highest BCUT2D eigenvalue weighted by atomic mass is 16.6. The van der Waals surface area contributed by atoms with Crippen molar-refractivity contribution < 1.29 is 9.72 Å². The number of benzene rings is 1. The summed E-state index contributed by atoms with van der Waals surface area (Å²) in [6, 6.07) is 6.81. The number of nitro groups is 1. The Labute approximate surface area is 141 Å². The van der Waals surface area contributed by atoms with Gasteiger partial charge in [-0.2, -0.15) is 0 Å². The second-order valence-corrected chi connectivity index (χ2v) is 6.53. The molecule has 24 heavy (non-hydrogen) atoms. The van der Waals surface area contributed by atoms with E-state index in [2.05, 4.69) is 5.43 Å². The lowest BCUT2D eigenvalue weighted by Gasteiger charge is -2.34. The maximum absolute atomic E-state index is 12.4. The molecule has 2 saturated heterocycles. The third-order valence-electron chi connectivity index (χ3n) is 4.91. The van der Waals surface area contributed by atoms with Crippen LogP contribution >= 0.6 is 0 Å². The lowest BCUT2D eigenvalue weighted by atomic mass is 9.95. The summed E-state index contributed by atoms with van der Waals surface area (Å²) in [6.07, 6.45) is 4.96. The molecule has 3 rings (SSSR count). The van der Waals surface area contributed by atoms with Crippen LogP contribution in [0, 0.1) is 16.0 Å². The monoisotopic (exact) mass is 332 g/mol. The molecule has 0 spiro atoms. The molecule has 0 aliphatic carbocycles. The fourth-order valence-corrected chi connectivity index (χ4v) is 3.52. The number of rotatable bonds is 4. The van der Waals surface area contributed by atoms with Gasteiger partial charge in [-0.05, 0) is 31.7 Å². The highest BCUT2D eigenvalue weighted by Crippen LogP contribution is 2.31. The van der Waals surface area contributed by atoms with Crippen LogP contribution in [0.1, 0.15) is 32.1 Å². The van der Waals surface area contributed by atoms with Crippen LogP contribution < -0.4 is 10.3 Å². The van der Waals surface area contributed by atoms with E-state index in [1.54, 1.807) is 12.1 Å². The number of nitrogens with one attached hydrogen (secondary N) is 1. The molecule has 1 N–H and O–H groups in total. The van der Waals surface area contributed by atoms with Crippen molar-refractivity contribution in [2.24, 2.45) is 5.92 Å². The number of nitro benzene ring substituents is 1. The zero-order valence-electron chi connectivity index (χ0n) is 13.8. The Kier molecular flexibility index (Phi) is 5.30. The van der Waals surface area contributed by atoms with Gasteiger partial charge in [-0.3, -0.25) is 20.3 Å². The fourth-order valence-electron chi connectivity index (χ4n) is 3.52. The van der Waals surface area contributed by atoms with Crippen molar-refractivity contribution in [2.75, 3.05) is 31.1 Å². The zero-order valence-corrected chi connectivity index (χ0v) is 13.8. The van der Waals surface area contributed by atoms with Gasteiger partial charge in [0, 0.05) is 38.2 Å². The molecule has 2 heterocycles. The molecule has 2 fully saturated rings. The SMILES string of the molecule is O=C(NN1CCCCC1)C1CCN(c2ccccc2[N+](=O)[O-])CC1. The summed E-state index contributed by atoms with van der Waals surface area (Å²) in [6.45, 7) is 3.20. The van der Waals surface area contributed by atoms with Crippen molar-refractivity contribution in [2.45, 2.75) is 32.1 Å². The van der Waals surface area contributed by atoms with Gasteiger partial charge < -0.3 is 4.90 Å². The maximum Gasteiger partial charge on any atom is 0.292 e. The molecular weight excluding hydrogens is 308 g/mol. The summed E-state index contributed by atoms with van der Waals surface area (Å²) in [7, 11) is 0. The van der Waals surface area contributed by atoms with Crippen LogP contribution in [0.25, 0.3) is 0 Å². The summed E-state index contributed by atoms with van der Waals surface area (Å²) in [5, 5.41) is 13.2. The van der Waals surface area contributed by atoms with Crippen molar-refractivity contribution in [3.63, 3.8) is 0 Å². The maximum atomic E-state index is 12.4. The van der Waals surface area contributed by atoms with Gasteiger partial charge in [-0.1, -0.05) is 18.6 Å². The molecule has 0 unspecified atom stereocenters. The average Bonchev–Trinajstić information content (AvgIpc) is 2.62. The van der Waals surface area contributed by atoms with E-state index >= 15 is 0 Å². The van der Waals surface area contributed by atoms with Crippen LogP contribution in [0.4, 0.5) is 11.4 Å². The number of piperidine rings is 2. The van der Waals surface area contributed by atoms with E-state index in [4.69, 9.17) is 0 Å². The Morgan fingerprint density at radius 1 is 1.08 bits per heavy atom. The van der Waals surface area contributed by atoms with Gasteiger partial charge in [0.1, 0.15) is 5.69 Å². The van der Waals surface area contributed by atoms with E-state index in [1.165, 1.54) is 12.5 Å². The molecule has 1 aromatic rings. The first-order valence-electron chi connectivity index (χ1n) is 8.69. The Bertz CT molecular complexity index is 593. The predicted octanol–water partition coefficient (Wildman–Crippen LogP) is 2.33. The Balaban J connectivity index is 1.56. The minimum atomic E-state index is -0.343. The lowest BCUT2D eigenvalue weighted by molar-refractivity contribution is -0.384. The standard InChI is InChI=1S/C17H24N4O3/c22-17(18-20-10-4-1-5-11-20)14-8-12-19(13-9-14)15-6-2-3-7-16(15)21(23)24/h2-3,6-7,14H,1,4-5,8-13H2,(H,18,22). The molecule has 0 bridgehead atoms. The lowest BCUT2D eigenvalue weighted by Crippen LogP contribution is -2.49. The third-order valence-corrected chi connectivity index (χ3v) is 4.91. The largest absolute Gasteiger partial charge is 0.366 e. The quantitative estimate of drug-likeness (QED) is 0.676. The first-order chi connectivity index (χ1) is 11.6. The van der Waals surface area contributed by atoms with Gasteiger partial charge in [0.15, 0.2) is 0 Å². The second-order valence-electron chi connectivity index (χ2n) is 6.53. The topological polar surface area (TPSA) is 78.7 Å². The van der Waals surface area contributed by atoms with Crippen LogP contribution in [0.5, 0.6) is 0 Å². The zero-order chi connectivity index (χ0) is 16.9. The normalized spacial score (nSPS) is 19.9. The van der Waals surface area contributed by atoms with Crippen molar-refractivity contribution in [3.05, 3.63) is 34.4 Å². The first-order valence-corrected chi connectivity index (χ1v) is 8.69. The molecule has 0 saturated carbocycles. The van der Waals surface area contributed by atoms with Gasteiger partial charge in [0.2, 0.25) is 5.91 Å². The number of nitrogens with zero attached hydrogens (tertiary/aromatic N) is 3. The van der Waals surface area contributed by atoms with E-state index in [1.807, 2.05) is 16.0 Å². The molecule has 130 valence electrons. The molecule has 2 aliphatic heterocycles. The Hall–Kier alpha value is -2.15. The highest BCUT2D eigenvalue weighted by Gasteiger charge is 2.29. The molecule has 1 aromatic carbocycles. The Morgan fingerprint density at radius 2 is 1.75 bits per heavy atom. The van der Waals surface area contributed by atoms with E-state index in [-0.39, 0.29) is 22.4 Å². The van der Waals surface area contributed by atoms with Crippen molar-refractivity contribution in [1.82, 2.24) is 10.4 Å². The predicted molar refractivity (Wildman–Crippen MR) is 91.6 cm³/mol. The van der Waals surface area contributed by atoms with Crippen LogP contribution in [0.3, 0.4) is 0 Å². The minimum absolute atomic E-state index is 0.00838. The molecule has 0 radical (unpaired) electrons. The second kappa shape index (κ2) is 7.61. The fraction of sp³-hybridized carbons (Fsp3) is 0.588. The minimum Gasteiger partial charge on any atom is -0.366 e. The summed E-state index contributed by atoms with van der Waals surface area (Å²) in [4.78, 5) is 25.2. The van der Waals surface area contributed by atoms with Gasteiger partial charge in [0.25, 0.3) is 5.69 Å². The van der Waals surface area contributed by atoms with Crippen LogP contribution in [-0.2, 0) is 4.79 Å². The number of carbonyl (C=O) groups excluding carboxylic acids is 1. The number of hydrogen-bond acceptors (Lipinski definition) is 5. The van der Waals surface area contributed by atoms with Gasteiger partial charge in [-0.15, -0.1) is 0 Å². The van der Waals surface area contributed by atoms with E-state index in [9.17, 15) is 14.9 Å². The summed E-state index contributed by atoms with van der Waals surface area (Å²) in [5.74, 6) is 0.0880. The van der Waals surface area contributed by atoms with Crippen molar-refractivity contribution >= 4 is 17.3 Å². The summed E-state index contributed by atoms with van der Waals surface area (Å²) < 4.78 is 0. The number of amides is 1. The number of hydrazine groups is 1. The summed E-state index contributed by atoms with van der Waals surface area (Å²) in [5.41, 5.74) is 3.82.